The summed E-state index contributed by atoms with van der Waals surface area (Å²) in [6.45, 7) is 1.40. The van der Waals surface area contributed by atoms with Crippen molar-refractivity contribution < 1.29 is 23.1 Å². The second-order valence-electron chi connectivity index (χ2n) is 5.73. The van der Waals surface area contributed by atoms with Crippen LogP contribution >= 0.6 is 0 Å². The zero-order valence-electron chi connectivity index (χ0n) is 13.5. The molecule has 0 radical (unpaired) electrons. The largest absolute Gasteiger partial charge is 0.466 e. The Labute approximate surface area is 143 Å². The highest BCUT2D eigenvalue weighted by molar-refractivity contribution is 5.90. The first kappa shape index (κ1) is 16.8. The fraction of sp³-hybridized carbons (Fsp3) is 0.167. The highest BCUT2D eigenvalue weighted by Gasteiger charge is 2.26. The van der Waals surface area contributed by atoms with Gasteiger partial charge in [0.1, 0.15) is 22.9 Å². The molecular weight excluding hydrogens is 327 g/mol. The zero-order chi connectivity index (χ0) is 17.9. The summed E-state index contributed by atoms with van der Waals surface area (Å²) in [6, 6.07) is 10.3. The molecule has 7 heteroatoms. The molecule has 3 rings (SSSR count). The fourth-order valence-electron chi connectivity index (χ4n) is 2.31. The van der Waals surface area contributed by atoms with Crippen LogP contribution in [0.5, 0.6) is 0 Å². The summed E-state index contributed by atoms with van der Waals surface area (Å²) in [5, 5.41) is 15.2. The number of nitrogens with one attached hydrogen (secondary N) is 2. The molecule has 25 heavy (non-hydrogen) atoms. The van der Waals surface area contributed by atoms with E-state index in [0.717, 1.165) is 0 Å². The molecule has 2 aromatic heterocycles. The van der Waals surface area contributed by atoms with Gasteiger partial charge in [-0.25, -0.2) is 9.18 Å². The lowest BCUT2D eigenvalue weighted by Gasteiger charge is -2.21. The van der Waals surface area contributed by atoms with Gasteiger partial charge in [-0.15, -0.1) is 0 Å². The van der Waals surface area contributed by atoms with E-state index in [2.05, 4.69) is 10.6 Å². The molecular formula is C18H17FN2O4. The Bertz CT molecular complexity index is 842. The topological polar surface area (TPSA) is 87.6 Å². The SMILES string of the molecule is CC(O)(CNC(=O)Nc1cc(-c2ccco2)ccc1F)c1ccco1. The van der Waals surface area contributed by atoms with Crippen molar-refractivity contribution in [3.8, 4) is 11.3 Å². The van der Waals surface area contributed by atoms with Crippen LogP contribution < -0.4 is 10.6 Å². The molecule has 0 saturated carbocycles. The number of rotatable bonds is 5. The third-order valence-corrected chi connectivity index (χ3v) is 3.67. The van der Waals surface area contributed by atoms with Crippen molar-refractivity contribution in [3.05, 3.63) is 66.6 Å². The molecule has 0 bridgehead atoms. The number of furan rings is 2. The fourth-order valence-corrected chi connectivity index (χ4v) is 2.31. The van der Waals surface area contributed by atoms with Crippen molar-refractivity contribution in [1.82, 2.24) is 5.32 Å². The van der Waals surface area contributed by atoms with Crippen LogP contribution in [0.3, 0.4) is 0 Å². The Morgan fingerprint density at radius 1 is 1.20 bits per heavy atom. The summed E-state index contributed by atoms with van der Waals surface area (Å²) in [6.07, 6.45) is 2.94. The van der Waals surface area contributed by atoms with Crippen LogP contribution in [0.2, 0.25) is 0 Å². The summed E-state index contributed by atoms with van der Waals surface area (Å²) in [7, 11) is 0. The molecule has 3 N–H and O–H groups in total. The lowest BCUT2D eigenvalue weighted by molar-refractivity contribution is 0.0372. The van der Waals surface area contributed by atoms with Crippen molar-refractivity contribution >= 4 is 11.7 Å². The van der Waals surface area contributed by atoms with Crippen molar-refractivity contribution in [2.45, 2.75) is 12.5 Å². The monoisotopic (exact) mass is 344 g/mol. The van der Waals surface area contributed by atoms with E-state index in [0.29, 0.717) is 17.1 Å². The lowest BCUT2D eigenvalue weighted by Crippen LogP contribution is -2.40. The number of carbonyl (C=O) groups excluding carboxylic acids is 1. The van der Waals surface area contributed by atoms with Crippen LogP contribution in [0, 0.1) is 5.82 Å². The number of carbonyl (C=O) groups is 1. The number of hydrogen-bond donors (Lipinski definition) is 3. The molecule has 1 unspecified atom stereocenters. The van der Waals surface area contributed by atoms with E-state index in [1.807, 2.05) is 0 Å². The first-order valence-electron chi connectivity index (χ1n) is 7.60. The third kappa shape index (κ3) is 3.89. The quantitative estimate of drug-likeness (QED) is 0.658. The second-order valence-corrected chi connectivity index (χ2v) is 5.73. The Morgan fingerprint density at radius 3 is 2.64 bits per heavy atom. The van der Waals surface area contributed by atoms with Gasteiger partial charge in [-0.2, -0.15) is 0 Å². The summed E-state index contributed by atoms with van der Waals surface area (Å²) >= 11 is 0. The first-order valence-corrected chi connectivity index (χ1v) is 7.60. The van der Waals surface area contributed by atoms with Gasteiger partial charge in [0, 0.05) is 5.56 Å². The smallest absolute Gasteiger partial charge is 0.319 e. The molecule has 2 heterocycles. The van der Waals surface area contributed by atoms with E-state index in [9.17, 15) is 14.3 Å². The normalized spacial score (nSPS) is 13.2. The van der Waals surface area contributed by atoms with Gasteiger partial charge >= 0.3 is 6.03 Å². The number of aliphatic hydroxyl groups is 1. The minimum atomic E-state index is -1.38. The van der Waals surface area contributed by atoms with Crippen LogP contribution in [0.15, 0.2) is 63.8 Å². The number of urea groups is 1. The molecule has 0 aliphatic carbocycles. The second kappa shape index (κ2) is 6.82. The minimum Gasteiger partial charge on any atom is -0.466 e. The molecule has 0 aliphatic rings. The highest BCUT2D eigenvalue weighted by Crippen LogP contribution is 2.25. The Kier molecular flexibility index (Phi) is 4.58. The van der Waals surface area contributed by atoms with E-state index >= 15 is 0 Å². The molecule has 2 amide bonds. The number of anilines is 1. The average molecular weight is 344 g/mol. The van der Waals surface area contributed by atoms with Crippen molar-refractivity contribution in [2.24, 2.45) is 0 Å². The zero-order valence-corrected chi connectivity index (χ0v) is 13.5. The number of halogens is 1. The molecule has 1 aromatic carbocycles. The van der Waals surface area contributed by atoms with Crippen LogP contribution in [0.4, 0.5) is 14.9 Å². The lowest BCUT2D eigenvalue weighted by atomic mass is 10.0. The van der Waals surface area contributed by atoms with Gasteiger partial charge in [0.2, 0.25) is 0 Å². The van der Waals surface area contributed by atoms with Crippen LogP contribution in [-0.4, -0.2) is 17.7 Å². The summed E-state index contributed by atoms with van der Waals surface area (Å²) in [5.74, 6) is 0.297. The maximum atomic E-state index is 13.9. The van der Waals surface area contributed by atoms with Crippen molar-refractivity contribution in [3.63, 3.8) is 0 Å². The minimum absolute atomic E-state index is 0.00374. The summed E-state index contributed by atoms with van der Waals surface area (Å²) in [5.41, 5.74) is -0.747. The van der Waals surface area contributed by atoms with Crippen LogP contribution in [0.1, 0.15) is 12.7 Å². The predicted octanol–water partition coefficient (Wildman–Crippen LogP) is 3.71. The Balaban J connectivity index is 1.66. The number of hydrogen-bond acceptors (Lipinski definition) is 4. The Hall–Kier alpha value is -3.06. The molecule has 1 atom stereocenters. The van der Waals surface area contributed by atoms with Gasteiger partial charge < -0.3 is 24.6 Å². The van der Waals surface area contributed by atoms with E-state index in [1.54, 1.807) is 30.3 Å². The van der Waals surface area contributed by atoms with Gasteiger partial charge in [-0.05, 0) is 49.4 Å². The summed E-state index contributed by atoms with van der Waals surface area (Å²) < 4.78 is 24.3. The average Bonchev–Trinajstić information content (AvgIpc) is 3.29. The number of amides is 2. The molecule has 0 fully saturated rings. The Morgan fingerprint density at radius 2 is 1.96 bits per heavy atom. The van der Waals surface area contributed by atoms with E-state index in [-0.39, 0.29) is 12.2 Å². The maximum Gasteiger partial charge on any atom is 0.319 e. The molecule has 3 aromatic rings. The van der Waals surface area contributed by atoms with Crippen LogP contribution in [0.25, 0.3) is 11.3 Å². The molecule has 6 nitrogen and oxygen atoms in total. The molecule has 0 spiro atoms. The van der Waals surface area contributed by atoms with Gasteiger partial charge in [0.15, 0.2) is 0 Å². The molecule has 0 aliphatic heterocycles. The van der Waals surface area contributed by atoms with E-state index < -0.39 is 17.4 Å². The standard InChI is InChI=1S/C18H17FN2O4/c1-18(23,16-5-3-9-25-16)11-20-17(22)21-14-10-12(6-7-13(14)19)15-4-2-8-24-15/h2-10,23H,11H2,1H3,(H2,20,21,22). The van der Waals surface area contributed by atoms with Gasteiger partial charge in [-0.1, -0.05) is 0 Å². The van der Waals surface area contributed by atoms with E-state index in [4.69, 9.17) is 8.83 Å². The molecule has 0 saturated heterocycles. The van der Waals surface area contributed by atoms with Gasteiger partial charge in [0.05, 0.1) is 24.8 Å². The third-order valence-electron chi connectivity index (χ3n) is 3.67. The first-order chi connectivity index (χ1) is 12.0. The maximum absolute atomic E-state index is 13.9. The van der Waals surface area contributed by atoms with Crippen molar-refractivity contribution in [1.29, 1.82) is 0 Å². The number of benzene rings is 1. The van der Waals surface area contributed by atoms with Crippen LogP contribution in [-0.2, 0) is 5.60 Å². The predicted molar refractivity (Wildman–Crippen MR) is 89.4 cm³/mol. The highest BCUT2D eigenvalue weighted by atomic mass is 19.1. The van der Waals surface area contributed by atoms with Gasteiger partial charge in [-0.3, -0.25) is 0 Å². The molecule has 130 valence electrons. The van der Waals surface area contributed by atoms with E-state index in [1.165, 1.54) is 31.6 Å². The van der Waals surface area contributed by atoms with Gasteiger partial charge in [0.25, 0.3) is 0 Å². The summed E-state index contributed by atoms with van der Waals surface area (Å²) in [4.78, 5) is 12.0. The van der Waals surface area contributed by atoms with Crippen molar-refractivity contribution in [2.75, 3.05) is 11.9 Å².